The summed E-state index contributed by atoms with van der Waals surface area (Å²) in [5.41, 5.74) is 2.35. The Morgan fingerprint density at radius 2 is 1.83 bits per heavy atom. The van der Waals surface area contributed by atoms with E-state index in [4.69, 9.17) is 4.74 Å². The molecular formula is C19H22N4O. The van der Waals surface area contributed by atoms with E-state index in [1.165, 1.54) is 5.56 Å². The van der Waals surface area contributed by atoms with E-state index in [9.17, 15) is 0 Å². The maximum Gasteiger partial charge on any atom is 0.119 e. The van der Waals surface area contributed by atoms with Crippen molar-refractivity contribution >= 4 is 0 Å². The van der Waals surface area contributed by atoms with Gasteiger partial charge in [0.25, 0.3) is 0 Å². The molecule has 2 aromatic heterocycles. The Bertz CT molecular complexity index is 711. The topological polar surface area (TPSA) is 52.0 Å². The summed E-state index contributed by atoms with van der Waals surface area (Å²) in [5, 5.41) is 7.73. The summed E-state index contributed by atoms with van der Waals surface area (Å²) in [6.45, 7) is 4.40. The van der Waals surface area contributed by atoms with Gasteiger partial charge >= 0.3 is 0 Å². The number of benzene rings is 1. The second-order valence-corrected chi connectivity index (χ2v) is 5.80. The van der Waals surface area contributed by atoms with Crippen LogP contribution in [-0.2, 0) is 19.7 Å². The maximum atomic E-state index is 5.78. The molecule has 3 aromatic rings. The van der Waals surface area contributed by atoms with Crippen molar-refractivity contribution in [3.8, 4) is 5.75 Å². The molecule has 0 aliphatic rings. The van der Waals surface area contributed by atoms with Gasteiger partial charge in [0.05, 0.1) is 6.54 Å². The number of hydrogen-bond acceptors (Lipinski definition) is 4. The van der Waals surface area contributed by atoms with Crippen LogP contribution in [0, 0.1) is 0 Å². The highest BCUT2D eigenvalue weighted by Gasteiger charge is 2.03. The molecule has 2 heterocycles. The van der Waals surface area contributed by atoms with Gasteiger partial charge in [0.1, 0.15) is 12.4 Å². The van der Waals surface area contributed by atoms with Gasteiger partial charge in [0.15, 0.2) is 0 Å². The highest BCUT2D eigenvalue weighted by atomic mass is 16.5. The molecule has 0 aliphatic heterocycles. The molecule has 0 saturated heterocycles. The van der Waals surface area contributed by atoms with Gasteiger partial charge in [-0.2, -0.15) is 5.10 Å². The van der Waals surface area contributed by atoms with Crippen molar-refractivity contribution in [1.82, 2.24) is 20.1 Å². The van der Waals surface area contributed by atoms with Crippen molar-refractivity contribution in [3.05, 3.63) is 78.4 Å². The van der Waals surface area contributed by atoms with E-state index < -0.39 is 0 Å². The number of ether oxygens (including phenoxy) is 1. The fourth-order valence-corrected chi connectivity index (χ4v) is 2.39. The summed E-state index contributed by atoms with van der Waals surface area (Å²) >= 11 is 0. The number of aromatic nitrogens is 3. The van der Waals surface area contributed by atoms with Gasteiger partial charge in [-0.3, -0.25) is 9.67 Å². The average molecular weight is 322 g/mol. The molecule has 1 aromatic carbocycles. The number of hydrogen-bond donors (Lipinski definition) is 1. The Morgan fingerprint density at radius 3 is 2.54 bits per heavy atom. The van der Waals surface area contributed by atoms with E-state index in [0.717, 1.165) is 24.4 Å². The molecule has 1 atom stereocenters. The third kappa shape index (κ3) is 4.93. The smallest absolute Gasteiger partial charge is 0.119 e. The predicted octanol–water partition coefficient (Wildman–Crippen LogP) is 3.04. The lowest BCUT2D eigenvalue weighted by Crippen LogP contribution is -2.30. The summed E-state index contributed by atoms with van der Waals surface area (Å²) in [4.78, 5) is 4.00. The predicted molar refractivity (Wildman–Crippen MR) is 93.5 cm³/mol. The van der Waals surface area contributed by atoms with Crippen molar-refractivity contribution in [3.63, 3.8) is 0 Å². The fourth-order valence-electron chi connectivity index (χ4n) is 2.39. The Kier molecular flexibility index (Phi) is 5.58. The average Bonchev–Trinajstić information content (AvgIpc) is 3.13. The normalized spacial score (nSPS) is 12.0. The molecule has 1 N–H and O–H groups in total. The molecule has 124 valence electrons. The zero-order chi connectivity index (χ0) is 16.6. The molecule has 0 aliphatic carbocycles. The quantitative estimate of drug-likeness (QED) is 0.692. The lowest BCUT2D eigenvalue weighted by atomic mass is 10.2. The van der Waals surface area contributed by atoms with Gasteiger partial charge in [-0.1, -0.05) is 12.1 Å². The lowest BCUT2D eigenvalue weighted by Gasteiger charge is -2.14. The molecule has 0 radical (unpaired) electrons. The minimum Gasteiger partial charge on any atom is -0.489 e. The largest absolute Gasteiger partial charge is 0.489 e. The van der Waals surface area contributed by atoms with Crippen LogP contribution in [0.3, 0.4) is 0 Å². The van der Waals surface area contributed by atoms with Crippen molar-refractivity contribution < 1.29 is 4.74 Å². The van der Waals surface area contributed by atoms with Gasteiger partial charge in [-0.05, 0) is 48.4 Å². The zero-order valence-electron chi connectivity index (χ0n) is 13.8. The van der Waals surface area contributed by atoms with Crippen LogP contribution in [0.1, 0.15) is 18.1 Å². The third-order valence-corrected chi connectivity index (χ3v) is 3.75. The van der Waals surface area contributed by atoms with Gasteiger partial charge in [-0.15, -0.1) is 0 Å². The summed E-state index contributed by atoms with van der Waals surface area (Å²) in [6.07, 6.45) is 7.33. The Morgan fingerprint density at radius 1 is 1.04 bits per heavy atom. The maximum absolute atomic E-state index is 5.78. The molecule has 5 nitrogen and oxygen atoms in total. The van der Waals surface area contributed by atoms with Crippen LogP contribution in [0.4, 0.5) is 0 Å². The lowest BCUT2D eigenvalue weighted by molar-refractivity contribution is 0.306. The van der Waals surface area contributed by atoms with Crippen molar-refractivity contribution in [2.75, 3.05) is 0 Å². The van der Waals surface area contributed by atoms with E-state index >= 15 is 0 Å². The van der Waals surface area contributed by atoms with Crippen molar-refractivity contribution in [2.45, 2.75) is 32.7 Å². The third-order valence-electron chi connectivity index (χ3n) is 3.75. The van der Waals surface area contributed by atoms with Gasteiger partial charge in [0.2, 0.25) is 0 Å². The van der Waals surface area contributed by atoms with E-state index in [1.807, 2.05) is 41.2 Å². The molecule has 0 saturated carbocycles. The van der Waals surface area contributed by atoms with Crippen molar-refractivity contribution in [2.24, 2.45) is 0 Å². The molecule has 0 bridgehead atoms. The first kappa shape index (κ1) is 16.2. The minimum atomic E-state index is 0.354. The highest BCUT2D eigenvalue weighted by molar-refractivity contribution is 5.27. The molecule has 0 unspecified atom stereocenters. The van der Waals surface area contributed by atoms with E-state index in [1.54, 1.807) is 18.6 Å². The SMILES string of the molecule is C[C@@H](Cn1cccn1)NCc1ccc(OCc2ccncc2)cc1. The van der Waals surface area contributed by atoms with Crippen molar-refractivity contribution in [1.29, 1.82) is 0 Å². The second-order valence-electron chi connectivity index (χ2n) is 5.80. The standard InChI is InChI=1S/C19H22N4O/c1-16(14-23-12-2-9-22-23)21-13-17-3-5-19(6-4-17)24-15-18-7-10-20-11-8-18/h2-12,16,21H,13-15H2,1H3/t16-/m0/s1. The van der Waals surface area contributed by atoms with Crippen LogP contribution in [0.25, 0.3) is 0 Å². The molecule has 3 rings (SSSR count). The van der Waals surface area contributed by atoms with Gasteiger partial charge < -0.3 is 10.1 Å². The number of pyridine rings is 1. The van der Waals surface area contributed by atoms with Crippen LogP contribution in [0.5, 0.6) is 5.75 Å². The van der Waals surface area contributed by atoms with Gasteiger partial charge in [0, 0.05) is 37.4 Å². The summed E-state index contributed by atoms with van der Waals surface area (Å²) in [5.74, 6) is 0.875. The number of rotatable bonds is 8. The molecule has 5 heteroatoms. The van der Waals surface area contributed by atoms with Crippen LogP contribution in [-0.4, -0.2) is 20.8 Å². The summed E-state index contributed by atoms with van der Waals surface area (Å²) in [7, 11) is 0. The highest BCUT2D eigenvalue weighted by Crippen LogP contribution is 2.14. The van der Waals surface area contributed by atoms with Crippen LogP contribution >= 0.6 is 0 Å². The van der Waals surface area contributed by atoms with Crippen LogP contribution in [0.15, 0.2) is 67.3 Å². The molecular weight excluding hydrogens is 300 g/mol. The second kappa shape index (κ2) is 8.26. The van der Waals surface area contributed by atoms with Gasteiger partial charge in [-0.25, -0.2) is 0 Å². The zero-order valence-corrected chi connectivity index (χ0v) is 13.8. The molecule has 0 spiro atoms. The molecule has 24 heavy (non-hydrogen) atoms. The molecule has 0 fully saturated rings. The summed E-state index contributed by atoms with van der Waals surface area (Å²) in [6, 6.07) is 14.4. The van der Waals surface area contributed by atoms with E-state index in [2.05, 4.69) is 34.5 Å². The van der Waals surface area contributed by atoms with E-state index in [0.29, 0.717) is 12.6 Å². The number of nitrogens with zero attached hydrogens (tertiary/aromatic N) is 3. The Hall–Kier alpha value is -2.66. The van der Waals surface area contributed by atoms with E-state index in [-0.39, 0.29) is 0 Å². The minimum absolute atomic E-state index is 0.354. The van der Waals surface area contributed by atoms with Crippen LogP contribution < -0.4 is 10.1 Å². The first-order valence-corrected chi connectivity index (χ1v) is 8.11. The Labute approximate surface area is 142 Å². The number of nitrogens with one attached hydrogen (secondary N) is 1. The Balaban J connectivity index is 1.44. The first-order valence-electron chi connectivity index (χ1n) is 8.11. The van der Waals surface area contributed by atoms with Crippen LogP contribution in [0.2, 0.25) is 0 Å². The molecule has 0 amide bonds. The fraction of sp³-hybridized carbons (Fsp3) is 0.263. The summed E-state index contributed by atoms with van der Waals surface area (Å²) < 4.78 is 7.72. The first-order chi connectivity index (χ1) is 11.8. The monoisotopic (exact) mass is 322 g/mol.